The van der Waals surface area contributed by atoms with Gasteiger partial charge in [-0.1, -0.05) is 77.6 Å². The molecule has 0 unspecified atom stereocenters. The normalized spacial score (nSPS) is 10.9. The van der Waals surface area contributed by atoms with Crippen LogP contribution in [0.1, 0.15) is 96.8 Å². The topological polar surface area (TPSA) is 33.0 Å². The Hall–Kier alpha value is -0.970. The number of allylic oxidation sites excluding steroid dienone is 1. The summed E-state index contributed by atoms with van der Waals surface area (Å²) in [6.07, 6.45) is 22.1. The van der Waals surface area contributed by atoms with Crippen LogP contribution in [0.25, 0.3) is 0 Å². The molecule has 2 heteroatoms. The van der Waals surface area contributed by atoms with Crippen LogP contribution < -0.4 is 0 Å². The molecular formula is C19H35NO. The molecule has 122 valence electrons. The Morgan fingerprint density at radius 3 is 1.86 bits per heavy atom. The number of unbranched alkanes of at least 4 members (excludes halogenated alkanes) is 12. The molecule has 0 spiro atoms. The Kier molecular flexibility index (Phi) is 18.2. The van der Waals surface area contributed by atoms with Gasteiger partial charge in [-0.05, 0) is 18.9 Å². The van der Waals surface area contributed by atoms with E-state index in [0.29, 0.717) is 13.0 Å². The van der Waals surface area contributed by atoms with Crippen LogP contribution in [-0.2, 0) is 4.74 Å². The van der Waals surface area contributed by atoms with Crippen LogP contribution in [0.3, 0.4) is 0 Å². The minimum absolute atomic E-state index is 0.475. The van der Waals surface area contributed by atoms with Gasteiger partial charge in [0, 0.05) is 0 Å². The number of hydrogen-bond donors (Lipinski definition) is 0. The molecule has 0 bridgehead atoms. The lowest BCUT2D eigenvalue weighted by Crippen LogP contribution is -1.84. The van der Waals surface area contributed by atoms with Gasteiger partial charge in [0.25, 0.3) is 0 Å². The highest BCUT2D eigenvalue weighted by Crippen LogP contribution is 2.12. The van der Waals surface area contributed by atoms with Crippen molar-refractivity contribution < 1.29 is 4.74 Å². The summed E-state index contributed by atoms with van der Waals surface area (Å²) in [7, 11) is 0. The molecule has 0 radical (unpaired) electrons. The van der Waals surface area contributed by atoms with Crippen molar-refractivity contribution in [2.45, 2.75) is 96.8 Å². The van der Waals surface area contributed by atoms with Gasteiger partial charge in [0.1, 0.15) is 6.61 Å². The molecule has 21 heavy (non-hydrogen) atoms. The Morgan fingerprint density at radius 1 is 0.810 bits per heavy atom. The van der Waals surface area contributed by atoms with Crippen molar-refractivity contribution in [2.75, 3.05) is 6.61 Å². The van der Waals surface area contributed by atoms with Crippen molar-refractivity contribution in [3.05, 3.63) is 12.3 Å². The van der Waals surface area contributed by atoms with Crippen LogP contribution in [0.2, 0.25) is 0 Å². The van der Waals surface area contributed by atoms with E-state index in [1.807, 2.05) is 0 Å². The maximum atomic E-state index is 8.34. The van der Waals surface area contributed by atoms with Gasteiger partial charge in [-0.3, -0.25) is 0 Å². The summed E-state index contributed by atoms with van der Waals surface area (Å²) in [6.45, 7) is 2.79. The van der Waals surface area contributed by atoms with E-state index in [9.17, 15) is 0 Å². The highest BCUT2D eigenvalue weighted by Gasteiger charge is 1.92. The quantitative estimate of drug-likeness (QED) is 0.240. The number of nitrogens with zero attached hydrogens (tertiary/aromatic N) is 1. The summed E-state index contributed by atoms with van der Waals surface area (Å²) >= 11 is 0. The molecule has 0 aliphatic carbocycles. The van der Waals surface area contributed by atoms with E-state index in [1.165, 1.54) is 77.0 Å². The van der Waals surface area contributed by atoms with Crippen LogP contribution >= 0.6 is 0 Å². The third kappa shape index (κ3) is 19.0. The smallest absolute Gasteiger partial charge is 0.100 e. The first kappa shape index (κ1) is 20.0. The second kappa shape index (κ2) is 19.0. The average molecular weight is 293 g/mol. The van der Waals surface area contributed by atoms with Crippen molar-refractivity contribution in [1.29, 1.82) is 5.26 Å². The third-order valence-corrected chi connectivity index (χ3v) is 3.75. The minimum Gasteiger partial charge on any atom is -0.500 e. The van der Waals surface area contributed by atoms with Gasteiger partial charge in [0.05, 0.1) is 18.8 Å². The Balaban J connectivity index is 3.01. The first-order valence-corrected chi connectivity index (χ1v) is 9.05. The molecular weight excluding hydrogens is 258 g/mol. The first-order valence-electron chi connectivity index (χ1n) is 9.05. The molecule has 0 aromatic carbocycles. The van der Waals surface area contributed by atoms with Crippen molar-refractivity contribution in [3.8, 4) is 6.07 Å². The van der Waals surface area contributed by atoms with Crippen LogP contribution in [0.15, 0.2) is 12.3 Å². The zero-order valence-electron chi connectivity index (χ0n) is 14.1. The second-order valence-corrected chi connectivity index (χ2v) is 5.83. The number of rotatable bonds is 16. The summed E-state index contributed by atoms with van der Waals surface area (Å²) in [5.41, 5.74) is 0. The van der Waals surface area contributed by atoms with Crippen molar-refractivity contribution in [3.63, 3.8) is 0 Å². The lowest BCUT2D eigenvalue weighted by molar-refractivity contribution is 0.256. The van der Waals surface area contributed by atoms with Crippen molar-refractivity contribution in [2.24, 2.45) is 0 Å². The molecule has 0 rings (SSSR count). The number of nitriles is 1. The molecule has 0 N–H and O–H groups in total. The maximum Gasteiger partial charge on any atom is 0.100 e. The number of hydrogen-bond acceptors (Lipinski definition) is 2. The molecule has 0 aliphatic rings. The average Bonchev–Trinajstić information content (AvgIpc) is 2.50. The molecule has 0 saturated heterocycles. The largest absolute Gasteiger partial charge is 0.500 e. The van der Waals surface area contributed by atoms with E-state index in [-0.39, 0.29) is 0 Å². The van der Waals surface area contributed by atoms with Crippen LogP contribution in [0.4, 0.5) is 0 Å². The molecule has 0 aliphatic heterocycles. The van der Waals surface area contributed by atoms with Gasteiger partial charge in [0.2, 0.25) is 0 Å². The lowest BCUT2D eigenvalue weighted by atomic mass is 10.0. The van der Waals surface area contributed by atoms with E-state index < -0.39 is 0 Å². The Labute approximate surface area is 132 Å². The zero-order chi connectivity index (χ0) is 15.4. The maximum absolute atomic E-state index is 8.34. The third-order valence-electron chi connectivity index (χ3n) is 3.75. The summed E-state index contributed by atoms with van der Waals surface area (Å²) in [5, 5.41) is 8.34. The molecule has 0 aromatic heterocycles. The fraction of sp³-hybridized carbons (Fsp3) is 0.842. The van der Waals surface area contributed by atoms with Gasteiger partial charge in [-0.2, -0.15) is 5.26 Å². The van der Waals surface area contributed by atoms with Crippen LogP contribution in [0, 0.1) is 11.3 Å². The molecule has 2 nitrogen and oxygen atoms in total. The standard InChI is InChI=1S/C19H35NO/c1-2-3-4-5-6-7-8-9-10-11-12-13-14-15-18-21-19-16-17-20/h15,18H,2-14,16,19H2,1H3/b18-15+. The first-order chi connectivity index (χ1) is 10.4. The summed E-state index contributed by atoms with van der Waals surface area (Å²) in [4.78, 5) is 0. The lowest BCUT2D eigenvalue weighted by Gasteiger charge is -2.02. The van der Waals surface area contributed by atoms with Gasteiger partial charge < -0.3 is 4.74 Å². The van der Waals surface area contributed by atoms with E-state index >= 15 is 0 Å². The Bertz CT molecular complexity index is 255. The van der Waals surface area contributed by atoms with Gasteiger partial charge in [-0.15, -0.1) is 0 Å². The monoisotopic (exact) mass is 293 g/mol. The van der Waals surface area contributed by atoms with Gasteiger partial charge >= 0.3 is 0 Å². The Morgan fingerprint density at radius 2 is 1.33 bits per heavy atom. The predicted octanol–water partition coefficient (Wildman–Crippen LogP) is 6.52. The number of ether oxygens (including phenoxy) is 1. The molecule has 0 atom stereocenters. The SMILES string of the molecule is CCCCCCCCCCCCCC/C=C/OCCC#N. The summed E-state index contributed by atoms with van der Waals surface area (Å²) < 4.78 is 5.18. The van der Waals surface area contributed by atoms with Crippen molar-refractivity contribution >= 4 is 0 Å². The zero-order valence-corrected chi connectivity index (χ0v) is 14.1. The van der Waals surface area contributed by atoms with Gasteiger partial charge in [0.15, 0.2) is 0 Å². The van der Waals surface area contributed by atoms with E-state index in [2.05, 4.69) is 19.1 Å². The molecule has 0 amide bonds. The highest BCUT2D eigenvalue weighted by molar-refractivity contribution is 4.75. The predicted molar refractivity (Wildman–Crippen MR) is 91.0 cm³/mol. The molecule has 0 fully saturated rings. The summed E-state index contributed by atoms with van der Waals surface area (Å²) in [6, 6.07) is 2.06. The van der Waals surface area contributed by atoms with E-state index in [1.54, 1.807) is 6.26 Å². The highest BCUT2D eigenvalue weighted by atomic mass is 16.5. The fourth-order valence-corrected chi connectivity index (χ4v) is 2.41. The molecule has 0 heterocycles. The fourth-order valence-electron chi connectivity index (χ4n) is 2.41. The van der Waals surface area contributed by atoms with Crippen LogP contribution in [-0.4, -0.2) is 6.61 Å². The van der Waals surface area contributed by atoms with E-state index in [4.69, 9.17) is 10.00 Å². The van der Waals surface area contributed by atoms with E-state index in [0.717, 1.165) is 6.42 Å². The van der Waals surface area contributed by atoms with Crippen molar-refractivity contribution in [1.82, 2.24) is 0 Å². The second-order valence-electron chi connectivity index (χ2n) is 5.83. The molecule has 0 aromatic rings. The molecule has 0 saturated carbocycles. The van der Waals surface area contributed by atoms with Crippen LogP contribution in [0.5, 0.6) is 0 Å². The summed E-state index contributed by atoms with van der Waals surface area (Å²) in [5.74, 6) is 0. The minimum atomic E-state index is 0.475. The van der Waals surface area contributed by atoms with Gasteiger partial charge in [-0.25, -0.2) is 0 Å².